The van der Waals surface area contributed by atoms with Crippen molar-refractivity contribution in [3.8, 4) is 0 Å². The van der Waals surface area contributed by atoms with Crippen LogP contribution in [0.1, 0.15) is 17.9 Å². The quantitative estimate of drug-likeness (QED) is 0.756. The molecular weight excluding hydrogens is 185 g/mol. The third-order valence-corrected chi connectivity index (χ3v) is 2.41. The molecule has 1 aliphatic rings. The molecule has 0 radical (unpaired) electrons. The van der Waals surface area contributed by atoms with Crippen molar-refractivity contribution in [2.45, 2.75) is 12.3 Å². The normalized spacial score (nSPS) is 18.8. The number of anilines is 1. The Labute approximate surface area is 80.6 Å². The van der Waals surface area contributed by atoms with Crippen molar-refractivity contribution >= 4 is 11.7 Å². The van der Waals surface area contributed by atoms with Gasteiger partial charge in [-0.3, -0.25) is 4.79 Å². The predicted octanol–water partition coefficient (Wildman–Crippen LogP) is 1.81. The Kier molecular flexibility index (Phi) is 2.11. The fourth-order valence-corrected chi connectivity index (χ4v) is 1.77. The van der Waals surface area contributed by atoms with Crippen LogP contribution < -0.4 is 5.32 Å². The van der Waals surface area contributed by atoms with Gasteiger partial charge in [0.05, 0.1) is 6.42 Å². The van der Waals surface area contributed by atoms with Gasteiger partial charge in [-0.1, -0.05) is 0 Å². The Morgan fingerprint density at radius 1 is 1.64 bits per heavy atom. The fourth-order valence-electron chi connectivity index (χ4n) is 1.77. The number of carboxylic acids is 1. The number of carboxylic acid groups (broad SMARTS) is 1. The molecule has 2 rings (SSSR count). The van der Waals surface area contributed by atoms with Crippen LogP contribution in [0.2, 0.25) is 0 Å². The van der Waals surface area contributed by atoms with Crippen molar-refractivity contribution in [3.05, 3.63) is 29.6 Å². The Balaban J connectivity index is 2.28. The van der Waals surface area contributed by atoms with Crippen molar-refractivity contribution in [3.63, 3.8) is 0 Å². The number of hydrogen-bond donors (Lipinski definition) is 2. The number of hydrogen-bond acceptors (Lipinski definition) is 2. The van der Waals surface area contributed by atoms with E-state index < -0.39 is 5.97 Å². The molecule has 0 spiro atoms. The highest BCUT2D eigenvalue weighted by Gasteiger charge is 2.24. The molecule has 14 heavy (non-hydrogen) atoms. The molecule has 0 saturated carbocycles. The molecule has 0 saturated heterocycles. The number of rotatable bonds is 2. The van der Waals surface area contributed by atoms with Crippen LogP contribution in [-0.4, -0.2) is 17.6 Å². The molecule has 2 N–H and O–H groups in total. The van der Waals surface area contributed by atoms with E-state index in [-0.39, 0.29) is 18.2 Å². The van der Waals surface area contributed by atoms with Gasteiger partial charge in [-0.2, -0.15) is 0 Å². The average molecular weight is 195 g/mol. The molecule has 1 aromatic carbocycles. The highest BCUT2D eigenvalue weighted by atomic mass is 19.1. The van der Waals surface area contributed by atoms with Crippen molar-refractivity contribution in [1.29, 1.82) is 0 Å². The van der Waals surface area contributed by atoms with E-state index in [2.05, 4.69) is 5.32 Å². The molecule has 1 atom stereocenters. The van der Waals surface area contributed by atoms with Gasteiger partial charge >= 0.3 is 5.97 Å². The average Bonchev–Trinajstić information content (AvgIpc) is 2.47. The molecule has 1 aromatic rings. The minimum atomic E-state index is -0.853. The van der Waals surface area contributed by atoms with E-state index in [4.69, 9.17) is 5.11 Å². The van der Waals surface area contributed by atoms with E-state index in [0.717, 1.165) is 11.3 Å². The zero-order valence-corrected chi connectivity index (χ0v) is 7.46. The summed E-state index contributed by atoms with van der Waals surface area (Å²) in [6, 6.07) is 4.42. The van der Waals surface area contributed by atoms with E-state index >= 15 is 0 Å². The molecule has 0 bridgehead atoms. The summed E-state index contributed by atoms with van der Waals surface area (Å²) in [5.41, 5.74) is 1.62. The van der Waals surface area contributed by atoms with Crippen molar-refractivity contribution < 1.29 is 14.3 Å². The SMILES string of the molecule is O=C(O)CC1CNc2ccc(F)cc21. The van der Waals surface area contributed by atoms with E-state index in [1.807, 2.05) is 0 Å². The van der Waals surface area contributed by atoms with Crippen LogP contribution in [0.4, 0.5) is 10.1 Å². The van der Waals surface area contributed by atoms with E-state index in [0.29, 0.717) is 6.54 Å². The molecule has 3 nitrogen and oxygen atoms in total. The first-order valence-electron chi connectivity index (χ1n) is 4.42. The van der Waals surface area contributed by atoms with Crippen molar-refractivity contribution in [2.75, 3.05) is 11.9 Å². The summed E-state index contributed by atoms with van der Waals surface area (Å²) in [7, 11) is 0. The summed E-state index contributed by atoms with van der Waals surface area (Å²) >= 11 is 0. The molecule has 4 heteroatoms. The zero-order valence-electron chi connectivity index (χ0n) is 7.46. The van der Waals surface area contributed by atoms with Crippen molar-refractivity contribution in [1.82, 2.24) is 0 Å². The first kappa shape index (κ1) is 8.99. The molecular formula is C10H10FNO2. The number of carbonyl (C=O) groups is 1. The van der Waals surface area contributed by atoms with Gasteiger partial charge in [-0.25, -0.2) is 4.39 Å². The lowest BCUT2D eigenvalue weighted by Crippen LogP contribution is -2.08. The fraction of sp³-hybridized carbons (Fsp3) is 0.300. The van der Waals surface area contributed by atoms with Gasteiger partial charge in [-0.15, -0.1) is 0 Å². The molecule has 0 aliphatic carbocycles. The largest absolute Gasteiger partial charge is 0.481 e. The Hall–Kier alpha value is -1.58. The topological polar surface area (TPSA) is 49.3 Å². The Bertz CT molecular complexity index is 378. The molecule has 74 valence electrons. The van der Waals surface area contributed by atoms with Crippen LogP contribution in [0.15, 0.2) is 18.2 Å². The number of benzene rings is 1. The second-order valence-corrected chi connectivity index (χ2v) is 3.41. The van der Waals surface area contributed by atoms with Crippen molar-refractivity contribution in [2.24, 2.45) is 0 Å². The van der Waals surface area contributed by atoms with Crippen LogP contribution in [0.5, 0.6) is 0 Å². The van der Waals surface area contributed by atoms with Gasteiger partial charge in [0.1, 0.15) is 5.82 Å². The van der Waals surface area contributed by atoms with E-state index in [1.165, 1.54) is 12.1 Å². The lowest BCUT2D eigenvalue weighted by atomic mass is 9.98. The summed E-state index contributed by atoms with van der Waals surface area (Å²) in [4.78, 5) is 10.5. The standard InChI is InChI=1S/C10H10FNO2/c11-7-1-2-9-8(4-7)6(5-12-9)3-10(13)14/h1-2,4,6,12H,3,5H2,(H,13,14). The second-order valence-electron chi connectivity index (χ2n) is 3.41. The third-order valence-electron chi connectivity index (χ3n) is 2.41. The maximum Gasteiger partial charge on any atom is 0.304 e. The smallest absolute Gasteiger partial charge is 0.304 e. The zero-order chi connectivity index (χ0) is 10.1. The Morgan fingerprint density at radius 2 is 2.43 bits per heavy atom. The van der Waals surface area contributed by atoms with Gasteiger partial charge in [0, 0.05) is 18.2 Å². The number of halogens is 1. The summed E-state index contributed by atoms with van der Waals surface area (Å²) < 4.78 is 12.9. The van der Waals surface area contributed by atoms with Gasteiger partial charge in [0.15, 0.2) is 0 Å². The Morgan fingerprint density at radius 3 is 3.14 bits per heavy atom. The lowest BCUT2D eigenvalue weighted by molar-refractivity contribution is -0.137. The molecule has 1 heterocycles. The van der Waals surface area contributed by atoms with Crippen LogP contribution in [-0.2, 0) is 4.79 Å². The first-order valence-corrected chi connectivity index (χ1v) is 4.42. The number of fused-ring (bicyclic) bond motifs is 1. The predicted molar refractivity (Wildman–Crippen MR) is 49.9 cm³/mol. The maximum absolute atomic E-state index is 12.9. The van der Waals surface area contributed by atoms with Crippen LogP contribution in [0.25, 0.3) is 0 Å². The lowest BCUT2D eigenvalue weighted by Gasteiger charge is -2.05. The second kappa shape index (κ2) is 3.29. The van der Waals surface area contributed by atoms with E-state index in [1.54, 1.807) is 6.07 Å². The van der Waals surface area contributed by atoms with Gasteiger partial charge < -0.3 is 10.4 Å². The maximum atomic E-state index is 12.9. The highest BCUT2D eigenvalue weighted by molar-refractivity contribution is 5.70. The third kappa shape index (κ3) is 1.55. The molecule has 1 aliphatic heterocycles. The summed E-state index contributed by atoms with van der Waals surface area (Å²) in [5.74, 6) is -1.28. The van der Waals surface area contributed by atoms with Crippen LogP contribution >= 0.6 is 0 Å². The minimum absolute atomic E-state index is 0.0451. The highest BCUT2D eigenvalue weighted by Crippen LogP contribution is 2.33. The molecule has 0 amide bonds. The van der Waals surface area contributed by atoms with Gasteiger partial charge in [0.2, 0.25) is 0 Å². The molecule has 1 unspecified atom stereocenters. The summed E-state index contributed by atoms with van der Waals surface area (Å²) in [6.07, 6.45) is 0.0451. The minimum Gasteiger partial charge on any atom is -0.481 e. The number of aliphatic carboxylic acids is 1. The van der Waals surface area contributed by atoms with Gasteiger partial charge in [0.25, 0.3) is 0 Å². The summed E-state index contributed by atoms with van der Waals surface area (Å²) in [5, 5.41) is 11.7. The van der Waals surface area contributed by atoms with Gasteiger partial charge in [-0.05, 0) is 23.8 Å². The molecule has 0 fully saturated rings. The van der Waals surface area contributed by atoms with E-state index in [9.17, 15) is 9.18 Å². The molecule has 0 aromatic heterocycles. The first-order chi connectivity index (χ1) is 6.66. The van der Waals surface area contributed by atoms with Crippen LogP contribution in [0.3, 0.4) is 0 Å². The summed E-state index contributed by atoms with van der Waals surface area (Å²) in [6.45, 7) is 0.574. The monoisotopic (exact) mass is 195 g/mol. The number of nitrogens with one attached hydrogen (secondary N) is 1. The van der Waals surface area contributed by atoms with Crippen LogP contribution in [0, 0.1) is 5.82 Å².